The number of amides is 1. The number of rotatable bonds is 3. The average molecular weight is 344 g/mol. The topological polar surface area (TPSA) is 61.7 Å². The zero-order valence-corrected chi connectivity index (χ0v) is 12.7. The molecule has 7 heteroatoms. The molecule has 2 N–H and O–H groups in total. The number of halogens is 3. The minimum absolute atomic E-state index is 0.0764. The lowest BCUT2D eigenvalue weighted by Gasteiger charge is -2.03. The molecule has 0 atom stereocenters. The molecule has 108 valence electrons. The second-order valence-electron chi connectivity index (χ2n) is 4.00. The monoisotopic (exact) mass is 342 g/mol. The summed E-state index contributed by atoms with van der Waals surface area (Å²) in [4.78, 5) is 11.8. The van der Waals surface area contributed by atoms with Gasteiger partial charge in [-0.3, -0.25) is 4.79 Å². The standard InChI is InChI=1S/C14H9Cl3N2O2/c15-11-5-6-12(16)13(17)10(11)7-18-19-14(21)8-1-3-9(20)4-2-8/h1-7,20H,(H,19,21)/b18-7+. The van der Waals surface area contributed by atoms with E-state index in [1.165, 1.54) is 30.5 Å². The molecule has 4 nitrogen and oxygen atoms in total. The van der Waals surface area contributed by atoms with Gasteiger partial charge in [-0.1, -0.05) is 34.8 Å². The van der Waals surface area contributed by atoms with Gasteiger partial charge in [0.15, 0.2) is 0 Å². The quantitative estimate of drug-likeness (QED) is 0.500. The van der Waals surface area contributed by atoms with Gasteiger partial charge in [0.25, 0.3) is 5.91 Å². The molecule has 0 aromatic heterocycles. The van der Waals surface area contributed by atoms with Crippen LogP contribution in [0.2, 0.25) is 15.1 Å². The maximum absolute atomic E-state index is 11.8. The summed E-state index contributed by atoms with van der Waals surface area (Å²) in [5, 5.41) is 13.9. The number of hydrogen-bond donors (Lipinski definition) is 2. The van der Waals surface area contributed by atoms with Crippen LogP contribution >= 0.6 is 34.8 Å². The molecule has 0 aliphatic rings. The molecule has 0 saturated heterocycles. The molecule has 1 amide bonds. The van der Waals surface area contributed by atoms with Gasteiger partial charge in [-0.05, 0) is 36.4 Å². The number of hydrogen-bond acceptors (Lipinski definition) is 3. The lowest BCUT2D eigenvalue weighted by molar-refractivity contribution is 0.0955. The maximum Gasteiger partial charge on any atom is 0.271 e. The van der Waals surface area contributed by atoms with E-state index in [2.05, 4.69) is 10.5 Å². The third kappa shape index (κ3) is 3.88. The van der Waals surface area contributed by atoms with E-state index in [0.29, 0.717) is 21.2 Å². The summed E-state index contributed by atoms with van der Waals surface area (Å²) < 4.78 is 0. The lowest BCUT2D eigenvalue weighted by atomic mass is 10.2. The van der Waals surface area contributed by atoms with Gasteiger partial charge >= 0.3 is 0 Å². The summed E-state index contributed by atoms with van der Waals surface area (Å²) in [7, 11) is 0. The van der Waals surface area contributed by atoms with Crippen LogP contribution in [0.5, 0.6) is 5.75 Å². The normalized spacial score (nSPS) is 10.8. The smallest absolute Gasteiger partial charge is 0.271 e. The highest BCUT2D eigenvalue weighted by Crippen LogP contribution is 2.29. The van der Waals surface area contributed by atoms with Crippen LogP contribution in [0.1, 0.15) is 15.9 Å². The highest BCUT2D eigenvalue weighted by molar-refractivity contribution is 6.45. The minimum atomic E-state index is -0.430. The first-order valence-electron chi connectivity index (χ1n) is 5.75. The Bertz CT molecular complexity index is 700. The Kier molecular flexibility index (Phi) is 5.07. The van der Waals surface area contributed by atoms with Crippen LogP contribution in [-0.2, 0) is 0 Å². The number of nitrogens with zero attached hydrogens (tertiary/aromatic N) is 1. The fourth-order valence-electron chi connectivity index (χ4n) is 1.49. The van der Waals surface area contributed by atoms with Crippen LogP contribution in [0.25, 0.3) is 0 Å². The molecular formula is C14H9Cl3N2O2. The fraction of sp³-hybridized carbons (Fsp3) is 0. The number of hydrazone groups is 1. The number of carbonyl (C=O) groups is 1. The van der Waals surface area contributed by atoms with Crippen LogP contribution < -0.4 is 5.43 Å². The number of benzene rings is 2. The van der Waals surface area contributed by atoms with Gasteiger partial charge < -0.3 is 5.11 Å². The highest BCUT2D eigenvalue weighted by atomic mass is 35.5. The molecule has 0 fully saturated rings. The van der Waals surface area contributed by atoms with Crippen molar-refractivity contribution in [3.8, 4) is 5.75 Å². The molecule has 2 rings (SSSR count). The molecule has 0 radical (unpaired) electrons. The Morgan fingerprint density at radius 3 is 2.33 bits per heavy atom. The van der Waals surface area contributed by atoms with Crippen molar-refractivity contribution >= 4 is 46.9 Å². The SMILES string of the molecule is O=C(N/N=C/c1c(Cl)ccc(Cl)c1Cl)c1ccc(O)cc1. The van der Waals surface area contributed by atoms with Crippen LogP contribution in [0, 0.1) is 0 Å². The summed E-state index contributed by atoms with van der Waals surface area (Å²) in [5.41, 5.74) is 3.10. The number of nitrogens with one attached hydrogen (secondary N) is 1. The van der Waals surface area contributed by atoms with Gasteiger partial charge in [0.1, 0.15) is 5.75 Å². The van der Waals surface area contributed by atoms with Crippen molar-refractivity contribution in [2.24, 2.45) is 5.10 Å². The van der Waals surface area contributed by atoms with Gasteiger partial charge in [-0.25, -0.2) is 5.43 Å². The molecule has 0 unspecified atom stereocenters. The lowest BCUT2D eigenvalue weighted by Crippen LogP contribution is -2.17. The van der Waals surface area contributed by atoms with Crippen molar-refractivity contribution in [3.63, 3.8) is 0 Å². The number of phenolic OH excluding ortho intramolecular Hbond substituents is 1. The van der Waals surface area contributed by atoms with E-state index < -0.39 is 5.91 Å². The molecule has 0 saturated carbocycles. The van der Waals surface area contributed by atoms with Gasteiger partial charge in [-0.15, -0.1) is 0 Å². The molecule has 2 aromatic carbocycles. The first-order chi connectivity index (χ1) is 9.99. The minimum Gasteiger partial charge on any atom is -0.508 e. The van der Waals surface area contributed by atoms with Crippen molar-refractivity contribution in [2.45, 2.75) is 0 Å². The largest absolute Gasteiger partial charge is 0.508 e. The molecule has 0 aliphatic carbocycles. The summed E-state index contributed by atoms with van der Waals surface area (Å²) in [5.74, 6) is -0.354. The molecule has 21 heavy (non-hydrogen) atoms. The molecule has 0 heterocycles. The van der Waals surface area contributed by atoms with Crippen LogP contribution in [0.3, 0.4) is 0 Å². The fourth-order valence-corrected chi connectivity index (χ4v) is 2.13. The summed E-state index contributed by atoms with van der Waals surface area (Å²) in [6.07, 6.45) is 1.31. The van der Waals surface area contributed by atoms with Crippen LogP contribution in [-0.4, -0.2) is 17.2 Å². The molecule has 0 aliphatic heterocycles. The van der Waals surface area contributed by atoms with E-state index >= 15 is 0 Å². The molecular weight excluding hydrogens is 335 g/mol. The highest BCUT2D eigenvalue weighted by Gasteiger charge is 2.08. The van der Waals surface area contributed by atoms with Crippen molar-refractivity contribution < 1.29 is 9.90 Å². The van der Waals surface area contributed by atoms with Crippen LogP contribution in [0.15, 0.2) is 41.5 Å². The number of aromatic hydroxyl groups is 1. The molecule has 2 aromatic rings. The Hall–Kier alpha value is -1.75. The third-order valence-corrected chi connectivity index (χ3v) is 3.72. The first kappa shape index (κ1) is 15.6. The van der Waals surface area contributed by atoms with Crippen molar-refractivity contribution in [1.82, 2.24) is 5.43 Å². The Labute approximate surface area is 135 Å². The zero-order valence-electron chi connectivity index (χ0n) is 10.5. The predicted octanol–water partition coefficient (Wildman–Crippen LogP) is 4.12. The van der Waals surface area contributed by atoms with E-state index in [-0.39, 0.29) is 10.8 Å². The van der Waals surface area contributed by atoms with Gasteiger partial charge in [0, 0.05) is 11.1 Å². The maximum atomic E-state index is 11.8. The Morgan fingerprint density at radius 2 is 1.67 bits per heavy atom. The van der Waals surface area contributed by atoms with Gasteiger partial charge in [0.05, 0.1) is 21.3 Å². The van der Waals surface area contributed by atoms with Gasteiger partial charge in [0.2, 0.25) is 0 Å². The van der Waals surface area contributed by atoms with E-state index in [4.69, 9.17) is 39.9 Å². The predicted molar refractivity (Wildman–Crippen MR) is 84.6 cm³/mol. The molecule has 0 bridgehead atoms. The summed E-state index contributed by atoms with van der Waals surface area (Å²) in [6.45, 7) is 0. The first-order valence-corrected chi connectivity index (χ1v) is 6.88. The van der Waals surface area contributed by atoms with Crippen molar-refractivity contribution in [3.05, 3.63) is 62.6 Å². The third-order valence-electron chi connectivity index (χ3n) is 2.57. The van der Waals surface area contributed by atoms with E-state index in [1.54, 1.807) is 12.1 Å². The Morgan fingerprint density at radius 1 is 1.05 bits per heavy atom. The van der Waals surface area contributed by atoms with Crippen molar-refractivity contribution in [2.75, 3.05) is 0 Å². The second kappa shape index (κ2) is 6.80. The second-order valence-corrected chi connectivity index (χ2v) is 5.20. The van der Waals surface area contributed by atoms with E-state index in [1.807, 2.05) is 0 Å². The zero-order chi connectivity index (χ0) is 15.4. The van der Waals surface area contributed by atoms with Gasteiger partial charge in [-0.2, -0.15) is 5.10 Å². The van der Waals surface area contributed by atoms with Crippen LogP contribution in [0.4, 0.5) is 0 Å². The number of phenols is 1. The van der Waals surface area contributed by atoms with E-state index in [0.717, 1.165) is 0 Å². The van der Waals surface area contributed by atoms with Crippen molar-refractivity contribution in [1.29, 1.82) is 0 Å². The number of carbonyl (C=O) groups excluding carboxylic acids is 1. The Balaban J connectivity index is 2.11. The summed E-state index contributed by atoms with van der Waals surface area (Å²) >= 11 is 17.9. The summed E-state index contributed by atoms with van der Waals surface area (Å²) in [6, 6.07) is 8.91. The van der Waals surface area contributed by atoms with E-state index in [9.17, 15) is 4.79 Å². The molecule has 0 spiro atoms. The average Bonchev–Trinajstić information content (AvgIpc) is 2.47.